The SMILES string of the molecule is C=C1C=CC(=[N+](CCC)CCC)C=C1. The van der Waals surface area contributed by atoms with Crippen LogP contribution in [0.3, 0.4) is 0 Å². The molecule has 1 rings (SSSR count). The average molecular weight is 190 g/mol. The summed E-state index contributed by atoms with van der Waals surface area (Å²) in [4.78, 5) is 0. The van der Waals surface area contributed by atoms with E-state index in [1.54, 1.807) is 0 Å². The second-order valence-electron chi connectivity index (χ2n) is 3.65. The smallest absolute Gasteiger partial charge is 0.199 e. The molecule has 0 heterocycles. The molecule has 0 saturated heterocycles. The van der Waals surface area contributed by atoms with Gasteiger partial charge >= 0.3 is 0 Å². The molecule has 0 aromatic heterocycles. The first-order valence-corrected chi connectivity index (χ1v) is 5.45. The van der Waals surface area contributed by atoms with Gasteiger partial charge in [0.1, 0.15) is 13.1 Å². The van der Waals surface area contributed by atoms with Crippen LogP contribution >= 0.6 is 0 Å². The summed E-state index contributed by atoms with van der Waals surface area (Å²) in [6.45, 7) is 10.6. The number of rotatable bonds is 4. The molecule has 0 radical (unpaired) electrons. The number of hydrogen-bond donors (Lipinski definition) is 0. The second-order valence-corrected chi connectivity index (χ2v) is 3.65. The van der Waals surface area contributed by atoms with Crippen molar-refractivity contribution >= 4 is 5.71 Å². The molecule has 0 aromatic carbocycles. The molecule has 0 fully saturated rings. The highest BCUT2D eigenvalue weighted by Gasteiger charge is 2.09. The fourth-order valence-corrected chi connectivity index (χ4v) is 1.62. The molecular weight excluding hydrogens is 170 g/mol. The lowest BCUT2D eigenvalue weighted by atomic mass is 10.1. The molecule has 1 nitrogen and oxygen atoms in total. The Hall–Kier alpha value is -1.11. The Bertz CT molecular complexity index is 266. The molecule has 0 aliphatic heterocycles. The fraction of sp³-hybridized carbons (Fsp3) is 0.462. The van der Waals surface area contributed by atoms with Crippen molar-refractivity contribution in [1.82, 2.24) is 0 Å². The first-order chi connectivity index (χ1) is 6.77. The van der Waals surface area contributed by atoms with Crippen LogP contribution in [0.5, 0.6) is 0 Å². The van der Waals surface area contributed by atoms with E-state index in [4.69, 9.17) is 0 Å². The Morgan fingerprint density at radius 2 is 1.50 bits per heavy atom. The minimum Gasteiger partial charge on any atom is -0.230 e. The Balaban J connectivity index is 2.82. The summed E-state index contributed by atoms with van der Waals surface area (Å²) in [5.74, 6) is 0. The van der Waals surface area contributed by atoms with Crippen LogP contribution in [0.15, 0.2) is 36.5 Å². The van der Waals surface area contributed by atoms with Crippen molar-refractivity contribution < 1.29 is 4.58 Å². The lowest BCUT2D eigenvalue weighted by Gasteiger charge is -2.06. The van der Waals surface area contributed by atoms with E-state index in [2.05, 4.69) is 49.3 Å². The Kier molecular flexibility index (Phi) is 4.37. The van der Waals surface area contributed by atoms with Crippen LogP contribution in [0.2, 0.25) is 0 Å². The van der Waals surface area contributed by atoms with Gasteiger partial charge < -0.3 is 0 Å². The molecule has 0 bridgehead atoms. The van der Waals surface area contributed by atoms with Gasteiger partial charge in [0.05, 0.1) is 0 Å². The van der Waals surface area contributed by atoms with Crippen molar-refractivity contribution in [1.29, 1.82) is 0 Å². The molecule has 1 heteroatoms. The molecule has 1 aliphatic carbocycles. The molecule has 76 valence electrons. The molecule has 1 aliphatic rings. The zero-order chi connectivity index (χ0) is 10.4. The molecule has 0 N–H and O–H groups in total. The Morgan fingerprint density at radius 1 is 1.00 bits per heavy atom. The van der Waals surface area contributed by atoms with E-state index in [9.17, 15) is 0 Å². The summed E-state index contributed by atoms with van der Waals surface area (Å²) >= 11 is 0. The van der Waals surface area contributed by atoms with Gasteiger partial charge in [-0.05, 0) is 17.7 Å². The third kappa shape index (κ3) is 2.99. The van der Waals surface area contributed by atoms with E-state index >= 15 is 0 Å². The first kappa shape index (κ1) is 11.0. The topological polar surface area (TPSA) is 3.01 Å². The summed E-state index contributed by atoms with van der Waals surface area (Å²) in [6.07, 6.45) is 10.9. The lowest BCUT2D eigenvalue weighted by molar-refractivity contribution is -0.526. The quantitative estimate of drug-likeness (QED) is 0.600. The maximum absolute atomic E-state index is 3.89. The van der Waals surface area contributed by atoms with E-state index in [1.165, 1.54) is 18.6 Å². The fourth-order valence-electron chi connectivity index (χ4n) is 1.62. The predicted octanol–water partition coefficient (Wildman–Crippen LogP) is 2.94. The van der Waals surface area contributed by atoms with E-state index in [0.717, 1.165) is 18.7 Å². The number of hydrogen-bond acceptors (Lipinski definition) is 0. The van der Waals surface area contributed by atoms with Gasteiger partial charge in [0.2, 0.25) is 0 Å². The second kappa shape index (κ2) is 5.58. The molecule has 0 atom stereocenters. The zero-order valence-corrected chi connectivity index (χ0v) is 9.29. The Morgan fingerprint density at radius 3 is 1.93 bits per heavy atom. The normalized spacial score (nSPS) is 15.0. The highest BCUT2D eigenvalue weighted by molar-refractivity contribution is 6.02. The van der Waals surface area contributed by atoms with E-state index in [0.29, 0.717) is 0 Å². The summed E-state index contributed by atoms with van der Waals surface area (Å²) in [5.41, 5.74) is 2.41. The molecule has 0 unspecified atom stereocenters. The van der Waals surface area contributed by atoms with Crippen molar-refractivity contribution in [2.24, 2.45) is 0 Å². The summed E-state index contributed by atoms with van der Waals surface area (Å²) in [5, 5.41) is 0. The maximum atomic E-state index is 3.89. The molecule has 0 aromatic rings. The van der Waals surface area contributed by atoms with Crippen LogP contribution in [-0.4, -0.2) is 23.4 Å². The van der Waals surface area contributed by atoms with Crippen molar-refractivity contribution in [3.8, 4) is 0 Å². The van der Waals surface area contributed by atoms with Gasteiger partial charge in [0, 0.05) is 25.0 Å². The summed E-state index contributed by atoms with van der Waals surface area (Å²) in [7, 11) is 0. The van der Waals surface area contributed by atoms with Gasteiger partial charge in [-0.3, -0.25) is 0 Å². The van der Waals surface area contributed by atoms with Gasteiger partial charge in [-0.2, -0.15) is 0 Å². The van der Waals surface area contributed by atoms with E-state index < -0.39 is 0 Å². The van der Waals surface area contributed by atoms with Gasteiger partial charge in [0.15, 0.2) is 5.71 Å². The maximum Gasteiger partial charge on any atom is 0.199 e. The lowest BCUT2D eigenvalue weighted by Crippen LogP contribution is -2.21. The van der Waals surface area contributed by atoms with Crippen molar-refractivity contribution in [3.05, 3.63) is 36.5 Å². The minimum atomic E-state index is 1.08. The van der Waals surface area contributed by atoms with E-state index in [1.807, 2.05) is 0 Å². The third-order valence-corrected chi connectivity index (χ3v) is 2.29. The Labute approximate surface area is 87.1 Å². The van der Waals surface area contributed by atoms with Crippen LogP contribution in [0, 0.1) is 0 Å². The number of allylic oxidation sites excluding steroid dienone is 5. The summed E-state index contributed by atoms with van der Waals surface area (Å²) < 4.78 is 2.43. The highest BCUT2D eigenvalue weighted by atomic mass is 15.0. The monoisotopic (exact) mass is 190 g/mol. The standard InChI is InChI=1S/C13H20N/c1-4-10-14(11-5-2)13-8-6-12(3)7-9-13/h6-9H,3-5,10-11H2,1-2H3/q+1. The molecular formula is C13H20N+. The number of nitrogens with zero attached hydrogens (tertiary/aromatic N) is 1. The first-order valence-electron chi connectivity index (χ1n) is 5.45. The average Bonchev–Trinajstić information content (AvgIpc) is 2.19. The van der Waals surface area contributed by atoms with Crippen LogP contribution in [0.25, 0.3) is 0 Å². The minimum absolute atomic E-state index is 1.08. The largest absolute Gasteiger partial charge is 0.230 e. The predicted molar refractivity (Wildman–Crippen MR) is 63.0 cm³/mol. The van der Waals surface area contributed by atoms with Crippen LogP contribution in [0.1, 0.15) is 26.7 Å². The van der Waals surface area contributed by atoms with Gasteiger partial charge in [-0.15, -0.1) is 0 Å². The van der Waals surface area contributed by atoms with Gasteiger partial charge in [-0.1, -0.05) is 20.4 Å². The summed E-state index contributed by atoms with van der Waals surface area (Å²) in [6, 6.07) is 0. The zero-order valence-electron chi connectivity index (χ0n) is 9.29. The molecule has 0 spiro atoms. The van der Waals surface area contributed by atoms with Crippen molar-refractivity contribution in [3.63, 3.8) is 0 Å². The third-order valence-electron chi connectivity index (χ3n) is 2.29. The molecule has 0 amide bonds. The van der Waals surface area contributed by atoms with Gasteiger partial charge in [-0.25, -0.2) is 4.58 Å². The van der Waals surface area contributed by atoms with Crippen LogP contribution in [0.4, 0.5) is 0 Å². The van der Waals surface area contributed by atoms with Crippen LogP contribution < -0.4 is 0 Å². The van der Waals surface area contributed by atoms with Gasteiger partial charge in [0.25, 0.3) is 0 Å². The van der Waals surface area contributed by atoms with Crippen LogP contribution in [-0.2, 0) is 0 Å². The highest BCUT2D eigenvalue weighted by Crippen LogP contribution is 2.04. The molecule has 14 heavy (non-hydrogen) atoms. The van der Waals surface area contributed by atoms with Crippen molar-refractivity contribution in [2.45, 2.75) is 26.7 Å². The molecule has 0 saturated carbocycles. The van der Waals surface area contributed by atoms with E-state index in [-0.39, 0.29) is 0 Å². The van der Waals surface area contributed by atoms with Crippen molar-refractivity contribution in [2.75, 3.05) is 13.1 Å².